The summed E-state index contributed by atoms with van der Waals surface area (Å²) in [6.45, 7) is 1.98. The van der Waals surface area contributed by atoms with Crippen LogP contribution >= 0.6 is 0 Å². The first-order chi connectivity index (χ1) is 12.8. The van der Waals surface area contributed by atoms with E-state index in [1.54, 1.807) is 18.2 Å². The van der Waals surface area contributed by atoms with E-state index < -0.39 is 22.4 Å². The quantitative estimate of drug-likeness (QED) is 0.849. The first-order valence-electron chi connectivity index (χ1n) is 8.68. The number of likely N-dealkylation sites (tertiary alicyclic amines) is 1. The highest BCUT2D eigenvalue weighted by Crippen LogP contribution is 2.34. The summed E-state index contributed by atoms with van der Waals surface area (Å²) in [5, 5.41) is 3.43. The van der Waals surface area contributed by atoms with Crippen molar-refractivity contribution in [3.05, 3.63) is 65.2 Å². The Bertz CT molecular complexity index is 873. The Morgan fingerprint density at radius 2 is 1.81 bits per heavy atom. The molecule has 1 heterocycles. The number of amides is 1. The van der Waals surface area contributed by atoms with E-state index >= 15 is 0 Å². The average Bonchev–Trinajstić information content (AvgIpc) is 2.91. The van der Waals surface area contributed by atoms with Crippen LogP contribution in [0.25, 0.3) is 0 Å². The normalized spacial score (nSPS) is 22.1. The second-order valence-corrected chi connectivity index (χ2v) is 8.22. The van der Waals surface area contributed by atoms with Crippen molar-refractivity contribution < 1.29 is 17.8 Å². The molecule has 4 nitrogen and oxygen atoms in total. The molecule has 7 heteroatoms. The van der Waals surface area contributed by atoms with Crippen molar-refractivity contribution >= 4 is 16.7 Å². The summed E-state index contributed by atoms with van der Waals surface area (Å²) in [4.78, 5) is 14.6. The largest absolute Gasteiger partial charge is 0.337 e. The van der Waals surface area contributed by atoms with Crippen LogP contribution in [0, 0.1) is 11.6 Å². The second kappa shape index (κ2) is 7.86. The molecule has 0 saturated carbocycles. The number of halogens is 2. The molecule has 2 aromatic carbocycles. The molecule has 0 aliphatic carbocycles. The van der Waals surface area contributed by atoms with Crippen LogP contribution in [0.2, 0.25) is 0 Å². The maximum Gasteiger partial charge on any atom is 0.224 e. The lowest BCUT2D eigenvalue weighted by Gasteiger charge is -2.28. The third-order valence-corrected chi connectivity index (χ3v) is 5.98. The first-order valence-corrected chi connectivity index (χ1v) is 10.2. The number of likely N-dealkylation sites (N-methyl/N-ethyl adjacent to an activating group) is 1. The Balaban J connectivity index is 1.81. The summed E-state index contributed by atoms with van der Waals surface area (Å²) >= 11 is 0. The minimum Gasteiger partial charge on any atom is -0.337 e. The molecule has 2 aromatic rings. The summed E-state index contributed by atoms with van der Waals surface area (Å²) in [6, 6.07) is 10.5. The number of hydrogen-bond donors (Lipinski definition) is 1. The fraction of sp³-hybridized carbons (Fsp3) is 0.350. The number of carbonyl (C=O) groups excluding carboxylic acids is 1. The average molecular weight is 392 g/mol. The third-order valence-electron chi connectivity index (χ3n) is 5.05. The highest BCUT2D eigenvalue weighted by Gasteiger charge is 2.39. The van der Waals surface area contributed by atoms with Crippen molar-refractivity contribution in [2.45, 2.75) is 36.4 Å². The number of nitrogens with zero attached hydrogens (tertiary/aromatic N) is 1. The molecule has 0 bridgehead atoms. The fourth-order valence-electron chi connectivity index (χ4n) is 3.54. The topological polar surface area (TPSA) is 49.4 Å². The van der Waals surface area contributed by atoms with Gasteiger partial charge in [0.05, 0.1) is 6.04 Å². The summed E-state index contributed by atoms with van der Waals surface area (Å²) in [5.74, 6) is -1.88. The zero-order valence-corrected chi connectivity index (χ0v) is 16.2. The van der Waals surface area contributed by atoms with E-state index in [2.05, 4.69) is 5.32 Å². The van der Waals surface area contributed by atoms with Gasteiger partial charge in [0.15, 0.2) is 11.6 Å². The third kappa shape index (κ3) is 4.09. The van der Waals surface area contributed by atoms with Gasteiger partial charge in [-0.3, -0.25) is 9.00 Å². The SMILES string of the molecule is C[C@H](N[C@@H]1CC(=O)N(C)[C@@H]1c1ccc(F)c(F)c1)c1ccc([S@](C)=O)cc1. The van der Waals surface area contributed by atoms with E-state index in [4.69, 9.17) is 0 Å². The molecular weight excluding hydrogens is 370 g/mol. The van der Waals surface area contributed by atoms with Crippen molar-refractivity contribution in [1.29, 1.82) is 0 Å². The van der Waals surface area contributed by atoms with Gasteiger partial charge < -0.3 is 10.2 Å². The molecule has 4 atom stereocenters. The second-order valence-electron chi connectivity index (χ2n) is 6.85. The van der Waals surface area contributed by atoms with Crippen molar-refractivity contribution in [2.24, 2.45) is 0 Å². The van der Waals surface area contributed by atoms with Crippen LogP contribution in [-0.2, 0) is 15.6 Å². The van der Waals surface area contributed by atoms with Crippen LogP contribution in [0.5, 0.6) is 0 Å². The van der Waals surface area contributed by atoms with Crippen LogP contribution in [0.4, 0.5) is 8.78 Å². The summed E-state index contributed by atoms with van der Waals surface area (Å²) in [7, 11) is 0.636. The molecule has 1 N–H and O–H groups in total. The number of carbonyl (C=O) groups is 1. The van der Waals surface area contributed by atoms with Crippen molar-refractivity contribution in [3.63, 3.8) is 0 Å². The van der Waals surface area contributed by atoms with Gasteiger partial charge in [-0.2, -0.15) is 0 Å². The first kappa shape index (κ1) is 19.6. The van der Waals surface area contributed by atoms with Crippen LogP contribution in [0.1, 0.15) is 36.6 Å². The highest BCUT2D eigenvalue weighted by molar-refractivity contribution is 7.84. The van der Waals surface area contributed by atoms with Gasteiger partial charge in [0.2, 0.25) is 5.91 Å². The van der Waals surface area contributed by atoms with Crippen LogP contribution < -0.4 is 5.32 Å². The molecule has 3 rings (SSSR count). The zero-order chi connectivity index (χ0) is 19.7. The molecule has 0 aromatic heterocycles. The van der Waals surface area contributed by atoms with Crippen LogP contribution in [-0.4, -0.2) is 34.4 Å². The summed E-state index contributed by atoms with van der Waals surface area (Å²) in [6.07, 6.45) is 1.91. The maximum atomic E-state index is 13.7. The predicted molar refractivity (Wildman–Crippen MR) is 101 cm³/mol. The minimum absolute atomic E-state index is 0.0499. The summed E-state index contributed by atoms with van der Waals surface area (Å²) in [5.41, 5.74) is 1.55. The molecule has 1 aliphatic heterocycles. The van der Waals surface area contributed by atoms with Gasteiger partial charge >= 0.3 is 0 Å². The smallest absolute Gasteiger partial charge is 0.224 e. The molecule has 0 radical (unpaired) electrons. The van der Waals surface area contributed by atoms with Crippen LogP contribution in [0.15, 0.2) is 47.4 Å². The maximum absolute atomic E-state index is 13.7. The minimum atomic E-state index is -1.04. The lowest BCUT2D eigenvalue weighted by atomic mass is 9.98. The van der Waals surface area contributed by atoms with E-state index in [-0.39, 0.29) is 30.5 Å². The molecule has 0 unspecified atom stereocenters. The van der Waals surface area contributed by atoms with E-state index in [0.29, 0.717) is 5.56 Å². The number of hydrogen-bond acceptors (Lipinski definition) is 3. The van der Waals surface area contributed by atoms with Gasteiger partial charge in [-0.25, -0.2) is 8.78 Å². The zero-order valence-electron chi connectivity index (χ0n) is 15.4. The van der Waals surface area contributed by atoms with E-state index in [1.807, 2.05) is 31.2 Å². The van der Waals surface area contributed by atoms with E-state index in [9.17, 15) is 17.8 Å². The lowest BCUT2D eigenvalue weighted by Crippen LogP contribution is -2.36. The highest BCUT2D eigenvalue weighted by atomic mass is 32.2. The monoisotopic (exact) mass is 392 g/mol. The van der Waals surface area contributed by atoms with Gasteiger partial charge in [-0.1, -0.05) is 18.2 Å². The Morgan fingerprint density at radius 1 is 1.15 bits per heavy atom. The predicted octanol–water partition coefficient (Wildman–Crippen LogP) is 3.32. The van der Waals surface area contributed by atoms with Gasteiger partial charge in [0.1, 0.15) is 0 Å². The number of rotatable bonds is 5. The van der Waals surface area contributed by atoms with Crippen molar-refractivity contribution in [1.82, 2.24) is 10.2 Å². The molecule has 144 valence electrons. The van der Waals surface area contributed by atoms with Crippen LogP contribution in [0.3, 0.4) is 0 Å². The van der Waals surface area contributed by atoms with E-state index in [0.717, 1.165) is 22.6 Å². The fourth-order valence-corrected chi connectivity index (χ4v) is 4.06. The van der Waals surface area contributed by atoms with Crippen molar-refractivity contribution in [2.75, 3.05) is 13.3 Å². The van der Waals surface area contributed by atoms with E-state index in [1.165, 1.54) is 6.07 Å². The molecule has 1 saturated heterocycles. The Morgan fingerprint density at radius 3 is 2.41 bits per heavy atom. The Labute approximate surface area is 160 Å². The van der Waals surface area contributed by atoms with Gasteiger partial charge in [-0.15, -0.1) is 0 Å². The Kier molecular flexibility index (Phi) is 5.72. The van der Waals surface area contributed by atoms with Crippen molar-refractivity contribution in [3.8, 4) is 0 Å². The molecule has 27 heavy (non-hydrogen) atoms. The molecular formula is C20H22F2N2O2S. The molecule has 1 amide bonds. The number of benzene rings is 2. The summed E-state index contributed by atoms with van der Waals surface area (Å²) < 4.78 is 38.5. The van der Waals surface area contributed by atoms with Gasteiger partial charge in [0.25, 0.3) is 0 Å². The lowest BCUT2D eigenvalue weighted by molar-refractivity contribution is -0.127. The molecule has 1 fully saturated rings. The van der Waals surface area contributed by atoms with Gasteiger partial charge in [0, 0.05) is 47.5 Å². The Hall–Kier alpha value is -2.12. The van der Waals surface area contributed by atoms with Gasteiger partial charge in [-0.05, 0) is 42.3 Å². The molecule has 1 aliphatic rings. The number of nitrogens with one attached hydrogen (secondary N) is 1. The standard InChI is InChI=1S/C20H22F2N2O2S/c1-12(13-4-7-15(8-5-13)27(3)26)23-18-11-19(25)24(2)20(18)14-6-9-16(21)17(22)10-14/h4-10,12,18,20,23H,11H2,1-3H3/t12-,18+,20+,27-/m0/s1. The molecule has 0 spiro atoms.